The SMILES string of the molecule is Cc1nc2c(o1)CN(C(=O)Cn1nc(-c3ccc(F)c(C)n3)cc1-c1ccccc1)C2. The summed E-state index contributed by atoms with van der Waals surface area (Å²) in [5.74, 6) is 0.904. The largest absolute Gasteiger partial charge is 0.444 e. The molecule has 4 aromatic rings. The summed E-state index contributed by atoms with van der Waals surface area (Å²) in [6, 6.07) is 14.6. The highest BCUT2D eigenvalue weighted by Gasteiger charge is 2.29. The first-order valence-electron chi connectivity index (χ1n) is 9.97. The second-order valence-corrected chi connectivity index (χ2v) is 7.55. The molecule has 1 amide bonds. The van der Waals surface area contributed by atoms with E-state index in [0.717, 1.165) is 22.7 Å². The van der Waals surface area contributed by atoms with Crippen LogP contribution in [-0.4, -0.2) is 30.6 Å². The van der Waals surface area contributed by atoms with Crippen LogP contribution in [0.2, 0.25) is 0 Å². The Hall–Kier alpha value is -3.81. The van der Waals surface area contributed by atoms with Gasteiger partial charge in [0.15, 0.2) is 5.89 Å². The minimum absolute atomic E-state index is 0.0632. The molecular weight excluding hydrogens is 397 g/mol. The minimum atomic E-state index is -0.365. The van der Waals surface area contributed by atoms with Crippen molar-refractivity contribution in [1.82, 2.24) is 24.6 Å². The zero-order chi connectivity index (χ0) is 21.5. The van der Waals surface area contributed by atoms with Crippen molar-refractivity contribution in [2.24, 2.45) is 0 Å². The van der Waals surface area contributed by atoms with Crippen molar-refractivity contribution in [3.8, 4) is 22.6 Å². The molecule has 4 heterocycles. The van der Waals surface area contributed by atoms with E-state index in [1.165, 1.54) is 6.07 Å². The molecule has 0 radical (unpaired) electrons. The van der Waals surface area contributed by atoms with Crippen molar-refractivity contribution >= 4 is 5.91 Å². The fourth-order valence-corrected chi connectivity index (χ4v) is 3.76. The van der Waals surface area contributed by atoms with E-state index in [1.807, 2.05) is 36.4 Å². The average molecular weight is 417 g/mol. The lowest BCUT2D eigenvalue weighted by atomic mass is 10.1. The maximum Gasteiger partial charge on any atom is 0.245 e. The van der Waals surface area contributed by atoms with E-state index >= 15 is 0 Å². The lowest BCUT2D eigenvalue weighted by molar-refractivity contribution is -0.132. The molecule has 7 nitrogen and oxygen atoms in total. The lowest BCUT2D eigenvalue weighted by Crippen LogP contribution is -2.30. The molecule has 156 valence electrons. The van der Waals surface area contributed by atoms with E-state index < -0.39 is 0 Å². The van der Waals surface area contributed by atoms with Crippen molar-refractivity contribution in [2.75, 3.05) is 0 Å². The third-order valence-corrected chi connectivity index (χ3v) is 5.33. The molecule has 1 aliphatic rings. The molecule has 8 heteroatoms. The van der Waals surface area contributed by atoms with E-state index in [9.17, 15) is 9.18 Å². The van der Waals surface area contributed by atoms with Crippen LogP contribution in [0.15, 0.2) is 52.9 Å². The molecule has 1 aliphatic heterocycles. The van der Waals surface area contributed by atoms with E-state index in [0.29, 0.717) is 36.1 Å². The Balaban J connectivity index is 1.46. The number of hydrogen-bond acceptors (Lipinski definition) is 5. The van der Waals surface area contributed by atoms with Gasteiger partial charge in [0, 0.05) is 6.92 Å². The van der Waals surface area contributed by atoms with Gasteiger partial charge in [-0.1, -0.05) is 30.3 Å². The number of halogens is 1. The summed E-state index contributed by atoms with van der Waals surface area (Å²) < 4.78 is 20.9. The van der Waals surface area contributed by atoms with Crippen LogP contribution >= 0.6 is 0 Å². The van der Waals surface area contributed by atoms with Crippen LogP contribution in [0.25, 0.3) is 22.6 Å². The van der Waals surface area contributed by atoms with Crippen molar-refractivity contribution in [1.29, 1.82) is 0 Å². The molecule has 31 heavy (non-hydrogen) atoms. The van der Waals surface area contributed by atoms with Crippen LogP contribution < -0.4 is 0 Å². The number of oxazole rings is 1. The van der Waals surface area contributed by atoms with Crippen LogP contribution in [0.1, 0.15) is 23.0 Å². The van der Waals surface area contributed by atoms with Gasteiger partial charge in [-0.3, -0.25) is 9.48 Å². The lowest BCUT2D eigenvalue weighted by Gasteiger charge is -2.16. The predicted molar refractivity (Wildman–Crippen MR) is 111 cm³/mol. The van der Waals surface area contributed by atoms with Gasteiger partial charge in [-0.15, -0.1) is 0 Å². The third-order valence-electron chi connectivity index (χ3n) is 5.33. The summed E-state index contributed by atoms with van der Waals surface area (Å²) in [4.78, 5) is 23.4. The summed E-state index contributed by atoms with van der Waals surface area (Å²) in [6.07, 6.45) is 0. The molecular formula is C23H20FN5O2. The van der Waals surface area contributed by atoms with Crippen molar-refractivity contribution in [3.63, 3.8) is 0 Å². The molecule has 0 saturated carbocycles. The summed E-state index contributed by atoms with van der Waals surface area (Å²) in [5.41, 5.74) is 3.97. The smallest absolute Gasteiger partial charge is 0.245 e. The normalized spacial score (nSPS) is 12.9. The molecule has 0 spiro atoms. The average Bonchev–Trinajstić information content (AvgIpc) is 3.43. The third kappa shape index (κ3) is 3.61. The minimum Gasteiger partial charge on any atom is -0.444 e. The second-order valence-electron chi connectivity index (χ2n) is 7.55. The molecule has 0 fully saturated rings. The maximum atomic E-state index is 13.7. The molecule has 0 atom stereocenters. The number of carbonyl (C=O) groups is 1. The number of carbonyl (C=O) groups excluding carboxylic acids is 1. The summed E-state index contributed by atoms with van der Waals surface area (Å²) in [7, 11) is 0. The van der Waals surface area contributed by atoms with Gasteiger partial charge in [-0.2, -0.15) is 5.10 Å². The van der Waals surface area contributed by atoms with E-state index in [1.54, 1.807) is 29.5 Å². The number of nitrogens with zero attached hydrogens (tertiary/aromatic N) is 5. The number of benzene rings is 1. The van der Waals surface area contributed by atoms with Gasteiger partial charge >= 0.3 is 0 Å². The van der Waals surface area contributed by atoms with Gasteiger partial charge < -0.3 is 9.32 Å². The van der Waals surface area contributed by atoms with Gasteiger partial charge in [0.1, 0.15) is 29.5 Å². The van der Waals surface area contributed by atoms with E-state index in [4.69, 9.17) is 4.42 Å². The zero-order valence-electron chi connectivity index (χ0n) is 17.2. The molecule has 0 bridgehead atoms. The zero-order valence-corrected chi connectivity index (χ0v) is 17.2. The van der Waals surface area contributed by atoms with E-state index in [-0.39, 0.29) is 18.3 Å². The summed E-state index contributed by atoms with van der Waals surface area (Å²) in [5, 5.41) is 4.64. The number of aromatic nitrogens is 4. The second kappa shape index (κ2) is 7.46. The molecule has 0 aliphatic carbocycles. The maximum absolute atomic E-state index is 13.7. The Bertz CT molecular complexity index is 1260. The van der Waals surface area contributed by atoms with Gasteiger partial charge in [-0.25, -0.2) is 14.4 Å². The fourth-order valence-electron chi connectivity index (χ4n) is 3.76. The Morgan fingerprint density at radius 2 is 1.87 bits per heavy atom. The quantitative estimate of drug-likeness (QED) is 0.503. The highest BCUT2D eigenvalue weighted by atomic mass is 19.1. The Morgan fingerprint density at radius 3 is 2.61 bits per heavy atom. The van der Waals surface area contributed by atoms with Crippen molar-refractivity contribution in [3.05, 3.63) is 77.4 Å². The fraction of sp³-hybridized carbons (Fsp3) is 0.217. The number of aryl methyl sites for hydroxylation is 2. The molecule has 0 unspecified atom stereocenters. The Labute approximate surface area is 178 Å². The first kappa shape index (κ1) is 19.2. The highest BCUT2D eigenvalue weighted by molar-refractivity contribution is 5.78. The molecule has 3 aromatic heterocycles. The molecule has 0 saturated heterocycles. The predicted octanol–water partition coefficient (Wildman–Crippen LogP) is 3.90. The van der Waals surface area contributed by atoms with Crippen LogP contribution in [0, 0.1) is 19.7 Å². The number of rotatable bonds is 4. The molecule has 5 rings (SSSR count). The number of fused-ring (bicyclic) bond motifs is 1. The number of amides is 1. The van der Waals surface area contributed by atoms with Crippen LogP contribution in [0.3, 0.4) is 0 Å². The van der Waals surface area contributed by atoms with E-state index in [2.05, 4.69) is 15.1 Å². The topological polar surface area (TPSA) is 77.0 Å². The Morgan fingerprint density at radius 1 is 1.06 bits per heavy atom. The van der Waals surface area contributed by atoms with Crippen LogP contribution in [0.4, 0.5) is 4.39 Å². The monoisotopic (exact) mass is 417 g/mol. The van der Waals surface area contributed by atoms with Gasteiger partial charge in [0.2, 0.25) is 5.91 Å². The number of pyridine rings is 1. The number of hydrogen-bond donors (Lipinski definition) is 0. The van der Waals surface area contributed by atoms with Gasteiger partial charge in [-0.05, 0) is 30.7 Å². The first-order chi connectivity index (χ1) is 15.0. The first-order valence-corrected chi connectivity index (χ1v) is 9.97. The van der Waals surface area contributed by atoms with Crippen molar-refractivity contribution in [2.45, 2.75) is 33.5 Å². The van der Waals surface area contributed by atoms with Crippen molar-refractivity contribution < 1.29 is 13.6 Å². The molecule has 1 aromatic carbocycles. The highest BCUT2D eigenvalue weighted by Crippen LogP contribution is 2.27. The summed E-state index contributed by atoms with van der Waals surface area (Å²) in [6.45, 7) is 4.31. The van der Waals surface area contributed by atoms with Gasteiger partial charge in [0.05, 0.1) is 30.2 Å². The standard InChI is InChI=1S/C23H20FN5O2/c1-14-17(24)8-9-18(25-14)19-10-21(16-6-4-3-5-7-16)29(27-19)13-23(30)28-11-20-22(12-28)31-15(2)26-20/h3-10H,11-13H2,1-2H3. The van der Waals surface area contributed by atoms with Crippen LogP contribution in [-0.2, 0) is 24.4 Å². The summed E-state index contributed by atoms with van der Waals surface area (Å²) >= 11 is 0. The van der Waals surface area contributed by atoms with Gasteiger partial charge in [0.25, 0.3) is 0 Å². The molecule has 0 N–H and O–H groups in total. The Kier molecular flexibility index (Phi) is 4.62. The van der Waals surface area contributed by atoms with Crippen LogP contribution in [0.5, 0.6) is 0 Å².